The van der Waals surface area contributed by atoms with Crippen LogP contribution in [0, 0.1) is 5.92 Å². The van der Waals surface area contributed by atoms with Gasteiger partial charge in [0, 0.05) is 55.5 Å². The molecule has 29 heavy (non-hydrogen) atoms. The minimum atomic E-state index is -3.40. The van der Waals surface area contributed by atoms with Gasteiger partial charge in [0.25, 0.3) is 5.56 Å². The molecule has 2 aromatic heterocycles. The van der Waals surface area contributed by atoms with E-state index in [-0.39, 0.29) is 11.3 Å². The van der Waals surface area contributed by atoms with Crippen LogP contribution >= 0.6 is 0 Å². The summed E-state index contributed by atoms with van der Waals surface area (Å²) < 4.78 is 29.9. The van der Waals surface area contributed by atoms with E-state index in [0.29, 0.717) is 22.5 Å². The summed E-state index contributed by atoms with van der Waals surface area (Å²) in [5.41, 5.74) is 3.44. The number of sulfonamides is 1. The maximum atomic E-state index is 12.5. The van der Waals surface area contributed by atoms with Gasteiger partial charge in [0.2, 0.25) is 10.0 Å². The largest absolute Gasteiger partial charge is 0.384 e. The molecule has 0 bridgehead atoms. The molecule has 154 valence electrons. The molecule has 0 aliphatic heterocycles. The van der Waals surface area contributed by atoms with E-state index in [1.165, 1.54) is 17.4 Å². The first kappa shape index (κ1) is 19.5. The van der Waals surface area contributed by atoms with Crippen LogP contribution in [0.5, 0.6) is 0 Å². The lowest BCUT2D eigenvalue weighted by atomic mass is 10.0. The Bertz CT molecular complexity index is 1240. The Morgan fingerprint density at radius 1 is 1.17 bits per heavy atom. The summed E-state index contributed by atoms with van der Waals surface area (Å²) in [6.07, 6.45) is 5.91. The standard InChI is InChI=1S/C20H25N5O3S/c1-4-29(27,28)23-14-7-8-18(21-10-13-5-6-13)15(9-14)16-11-24(2)20(26)17-12-25(3)22-19(16)17/h7-9,11-13,21,23H,4-6,10H2,1-3H3. The Hall–Kier alpha value is -2.81. The number of benzene rings is 1. The highest BCUT2D eigenvalue weighted by Gasteiger charge is 2.22. The van der Waals surface area contributed by atoms with Crippen molar-refractivity contribution in [3.05, 3.63) is 40.9 Å². The summed E-state index contributed by atoms with van der Waals surface area (Å²) in [4.78, 5) is 12.5. The molecule has 8 nitrogen and oxygen atoms in total. The predicted molar refractivity (Wildman–Crippen MR) is 116 cm³/mol. The number of nitrogens with zero attached hydrogens (tertiary/aromatic N) is 3. The van der Waals surface area contributed by atoms with Crippen LogP contribution in [0.1, 0.15) is 19.8 Å². The Balaban J connectivity index is 1.88. The summed E-state index contributed by atoms with van der Waals surface area (Å²) in [6.45, 7) is 2.46. The van der Waals surface area contributed by atoms with Crippen molar-refractivity contribution >= 4 is 32.3 Å². The average Bonchev–Trinajstić information content (AvgIpc) is 3.43. The molecular weight excluding hydrogens is 390 g/mol. The van der Waals surface area contributed by atoms with Gasteiger partial charge in [-0.05, 0) is 43.9 Å². The summed E-state index contributed by atoms with van der Waals surface area (Å²) in [5, 5.41) is 8.51. The smallest absolute Gasteiger partial charge is 0.261 e. The fourth-order valence-corrected chi connectivity index (χ4v) is 3.99. The number of nitrogens with one attached hydrogen (secondary N) is 2. The minimum absolute atomic E-state index is 0.00562. The molecular formula is C20H25N5O3S. The highest BCUT2D eigenvalue weighted by atomic mass is 32.2. The van der Waals surface area contributed by atoms with Crippen molar-refractivity contribution < 1.29 is 8.42 Å². The van der Waals surface area contributed by atoms with Gasteiger partial charge in [0.15, 0.2) is 0 Å². The second-order valence-electron chi connectivity index (χ2n) is 7.61. The third-order valence-corrected chi connectivity index (χ3v) is 6.51. The van der Waals surface area contributed by atoms with Gasteiger partial charge in [-0.25, -0.2) is 8.42 Å². The average molecular weight is 416 g/mol. The molecule has 1 fully saturated rings. The Morgan fingerprint density at radius 3 is 2.62 bits per heavy atom. The molecule has 0 spiro atoms. The molecule has 0 atom stereocenters. The third-order valence-electron chi connectivity index (χ3n) is 5.20. The van der Waals surface area contributed by atoms with Crippen LogP contribution < -0.4 is 15.6 Å². The Kier molecular flexibility index (Phi) is 4.85. The van der Waals surface area contributed by atoms with Gasteiger partial charge in [-0.1, -0.05) is 0 Å². The first-order valence-electron chi connectivity index (χ1n) is 9.69. The van der Waals surface area contributed by atoms with Crippen LogP contribution in [-0.4, -0.2) is 35.1 Å². The molecule has 0 radical (unpaired) electrons. The van der Waals surface area contributed by atoms with Crippen molar-refractivity contribution in [2.45, 2.75) is 19.8 Å². The number of hydrogen-bond donors (Lipinski definition) is 2. The molecule has 1 aromatic carbocycles. The molecule has 0 amide bonds. The topological polar surface area (TPSA) is 98.0 Å². The zero-order valence-corrected chi connectivity index (χ0v) is 17.6. The Morgan fingerprint density at radius 2 is 1.93 bits per heavy atom. The summed E-state index contributed by atoms with van der Waals surface area (Å²) in [7, 11) is 0.0879. The van der Waals surface area contributed by atoms with Crippen molar-refractivity contribution in [3.8, 4) is 11.1 Å². The van der Waals surface area contributed by atoms with Gasteiger partial charge in [-0.3, -0.25) is 14.2 Å². The molecule has 1 saturated carbocycles. The monoisotopic (exact) mass is 415 g/mol. The highest BCUT2D eigenvalue weighted by molar-refractivity contribution is 7.92. The fraction of sp³-hybridized carbons (Fsp3) is 0.400. The molecule has 3 aromatic rings. The molecule has 2 N–H and O–H groups in total. The lowest BCUT2D eigenvalue weighted by Gasteiger charge is -2.16. The normalized spacial score (nSPS) is 14.3. The van der Waals surface area contributed by atoms with E-state index in [0.717, 1.165) is 23.4 Å². The van der Waals surface area contributed by atoms with Gasteiger partial charge in [-0.15, -0.1) is 0 Å². The molecule has 0 saturated heterocycles. The number of fused-ring (bicyclic) bond motifs is 1. The van der Waals surface area contributed by atoms with Crippen LogP contribution in [0.25, 0.3) is 22.0 Å². The van der Waals surface area contributed by atoms with Crippen molar-refractivity contribution in [1.29, 1.82) is 0 Å². The quantitative estimate of drug-likeness (QED) is 0.618. The van der Waals surface area contributed by atoms with Crippen molar-refractivity contribution in [2.75, 3.05) is 22.3 Å². The zero-order chi connectivity index (χ0) is 20.8. The summed E-state index contributed by atoms with van der Waals surface area (Å²) in [6, 6.07) is 5.44. The summed E-state index contributed by atoms with van der Waals surface area (Å²) >= 11 is 0. The SMILES string of the molecule is CCS(=O)(=O)Nc1ccc(NCC2CC2)c(-c2cn(C)c(=O)c3cn(C)nc23)c1. The van der Waals surface area contributed by atoms with E-state index in [1.54, 1.807) is 50.2 Å². The molecule has 0 unspecified atom stereocenters. The number of hydrogen-bond acceptors (Lipinski definition) is 5. The van der Waals surface area contributed by atoms with Crippen LogP contribution in [-0.2, 0) is 24.1 Å². The van der Waals surface area contributed by atoms with E-state index in [4.69, 9.17) is 0 Å². The van der Waals surface area contributed by atoms with Crippen molar-refractivity contribution in [1.82, 2.24) is 14.3 Å². The highest BCUT2D eigenvalue weighted by Crippen LogP contribution is 2.36. The van der Waals surface area contributed by atoms with E-state index in [2.05, 4.69) is 15.1 Å². The fourth-order valence-electron chi connectivity index (χ4n) is 3.36. The van der Waals surface area contributed by atoms with Crippen LogP contribution in [0.15, 0.2) is 35.4 Å². The molecule has 1 aliphatic rings. The van der Waals surface area contributed by atoms with Gasteiger partial charge >= 0.3 is 0 Å². The number of aromatic nitrogens is 3. The first-order chi connectivity index (χ1) is 13.8. The molecule has 9 heteroatoms. The summed E-state index contributed by atoms with van der Waals surface area (Å²) in [5.74, 6) is 0.671. The number of rotatable bonds is 7. The zero-order valence-electron chi connectivity index (χ0n) is 16.8. The first-order valence-corrected chi connectivity index (χ1v) is 11.3. The van der Waals surface area contributed by atoms with E-state index >= 15 is 0 Å². The second-order valence-corrected chi connectivity index (χ2v) is 9.62. The van der Waals surface area contributed by atoms with Crippen LogP contribution in [0.2, 0.25) is 0 Å². The van der Waals surface area contributed by atoms with Crippen LogP contribution in [0.4, 0.5) is 11.4 Å². The van der Waals surface area contributed by atoms with E-state index in [9.17, 15) is 13.2 Å². The van der Waals surface area contributed by atoms with E-state index < -0.39 is 10.0 Å². The van der Waals surface area contributed by atoms with Gasteiger partial charge in [0.05, 0.1) is 11.1 Å². The minimum Gasteiger partial charge on any atom is -0.384 e. The Labute approximate surface area is 169 Å². The second kappa shape index (κ2) is 7.22. The maximum Gasteiger partial charge on any atom is 0.261 e. The van der Waals surface area contributed by atoms with Crippen LogP contribution in [0.3, 0.4) is 0 Å². The van der Waals surface area contributed by atoms with Crippen molar-refractivity contribution in [3.63, 3.8) is 0 Å². The number of pyridine rings is 1. The lowest BCUT2D eigenvalue weighted by molar-refractivity contribution is 0.602. The maximum absolute atomic E-state index is 12.5. The molecule has 2 heterocycles. The number of anilines is 2. The number of aryl methyl sites for hydroxylation is 2. The van der Waals surface area contributed by atoms with E-state index in [1.807, 2.05) is 6.07 Å². The molecule has 1 aliphatic carbocycles. The lowest BCUT2D eigenvalue weighted by Crippen LogP contribution is -2.17. The third kappa shape index (κ3) is 4.00. The predicted octanol–water partition coefficient (Wildman–Crippen LogP) is 2.52. The van der Waals surface area contributed by atoms with Gasteiger partial charge < -0.3 is 9.88 Å². The van der Waals surface area contributed by atoms with Crippen molar-refractivity contribution in [2.24, 2.45) is 20.0 Å². The van der Waals surface area contributed by atoms with Gasteiger partial charge in [-0.2, -0.15) is 5.10 Å². The molecule has 4 rings (SSSR count). The van der Waals surface area contributed by atoms with Gasteiger partial charge in [0.1, 0.15) is 5.52 Å².